The summed E-state index contributed by atoms with van der Waals surface area (Å²) in [6, 6.07) is 30.9. The average molecular weight is 424 g/mol. The zero-order valence-corrected chi connectivity index (χ0v) is 18.5. The quantitative estimate of drug-likeness (QED) is 0.306. The Morgan fingerprint density at radius 2 is 1.17 bits per heavy atom. The zero-order valence-electron chi connectivity index (χ0n) is 16.9. The van der Waals surface area contributed by atoms with Crippen LogP contribution in [0.5, 0.6) is 0 Å². The highest BCUT2D eigenvalue weighted by Crippen LogP contribution is 2.50. The monoisotopic (exact) mass is 423 g/mol. The third kappa shape index (κ3) is 2.80. The fourth-order valence-electron chi connectivity index (χ4n) is 4.55. The molecule has 1 aliphatic heterocycles. The van der Waals surface area contributed by atoms with Crippen LogP contribution in [0, 0.1) is 0 Å². The molecule has 0 saturated heterocycles. The largest absolute Gasteiger partial charge is 0.355 e. The molecule has 1 aliphatic carbocycles. The molecule has 1 nitrogen and oxygen atoms in total. The van der Waals surface area contributed by atoms with Crippen molar-refractivity contribution in [2.75, 3.05) is 5.32 Å². The molecule has 30 heavy (non-hydrogen) atoms. The van der Waals surface area contributed by atoms with Crippen LogP contribution >= 0.6 is 23.5 Å². The van der Waals surface area contributed by atoms with E-state index in [0.717, 1.165) is 11.4 Å². The van der Waals surface area contributed by atoms with E-state index in [1.54, 1.807) is 0 Å². The molecule has 0 amide bonds. The van der Waals surface area contributed by atoms with Crippen molar-refractivity contribution < 1.29 is 0 Å². The lowest BCUT2D eigenvalue weighted by Crippen LogP contribution is -2.15. The van der Waals surface area contributed by atoms with Gasteiger partial charge in [-0.05, 0) is 64.7 Å². The standard InChI is InChI=1S/C27H21NS2/c1-27(2)21-8-4-3-7-19(21)20-13-11-17(15-22(20)27)28-18-12-14-25-26(16-18)30-24-10-6-5-9-23(24)29-25/h3-16,28H,1-2H3. The van der Waals surface area contributed by atoms with E-state index in [1.165, 1.54) is 41.8 Å². The Labute approximate surface area is 185 Å². The number of rotatable bonds is 2. The average Bonchev–Trinajstić information content (AvgIpc) is 2.99. The maximum atomic E-state index is 3.65. The van der Waals surface area contributed by atoms with E-state index in [2.05, 4.69) is 104 Å². The number of hydrogen-bond donors (Lipinski definition) is 1. The molecule has 0 spiro atoms. The van der Waals surface area contributed by atoms with Gasteiger partial charge in [-0.25, -0.2) is 0 Å². The third-order valence-corrected chi connectivity index (χ3v) is 8.65. The lowest BCUT2D eigenvalue weighted by atomic mass is 9.82. The molecule has 1 heterocycles. The molecule has 6 rings (SSSR count). The van der Waals surface area contributed by atoms with Crippen LogP contribution in [0.2, 0.25) is 0 Å². The van der Waals surface area contributed by atoms with Gasteiger partial charge in [0.1, 0.15) is 0 Å². The van der Waals surface area contributed by atoms with Crippen molar-refractivity contribution in [2.45, 2.75) is 38.8 Å². The number of benzene rings is 4. The van der Waals surface area contributed by atoms with Crippen LogP contribution in [0.4, 0.5) is 11.4 Å². The predicted octanol–water partition coefficient (Wildman–Crippen LogP) is 8.35. The summed E-state index contributed by atoms with van der Waals surface area (Å²) in [6.45, 7) is 4.65. The van der Waals surface area contributed by atoms with Crippen LogP contribution in [0.15, 0.2) is 105 Å². The molecular formula is C27H21NS2. The van der Waals surface area contributed by atoms with Crippen molar-refractivity contribution in [3.8, 4) is 11.1 Å². The minimum atomic E-state index is 0.0235. The Morgan fingerprint density at radius 1 is 0.567 bits per heavy atom. The van der Waals surface area contributed by atoms with Crippen molar-refractivity contribution >= 4 is 34.9 Å². The van der Waals surface area contributed by atoms with E-state index in [-0.39, 0.29) is 5.41 Å². The molecule has 0 atom stereocenters. The summed E-state index contributed by atoms with van der Waals surface area (Å²) in [5, 5.41) is 3.65. The topological polar surface area (TPSA) is 12.0 Å². The van der Waals surface area contributed by atoms with Crippen LogP contribution in [-0.4, -0.2) is 0 Å². The van der Waals surface area contributed by atoms with Crippen molar-refractivity contribution in [3.05, 3.63) is 96.1 Å². The van der Waals surface area contributed by atoms with Crippen LogP contribution in [0.1, 0.15) is 25.0 Å². The molecule has 146 valence electrons. The molecule has 4 aromatic rings. The molecule has 0 bridgehead atoms. The number of anilines is 2. The summed E-state index contributed by atoms with van der Waals surface area (Å²) in [5.41, 5.74) is 7.83. The first-order chi connectivity index (χ1) is 14.6. The normalized spacial score (nSPS) is 15.0. The molecule has 0 saturated carbocycles. The van der Waals surface area contributed by atoms with Crippen LogP contribution in [0.3, 0.4) is 0 Å². The Morgan fingerprint density at radius 3 is 2.00 bits per heavy atom. The fourth-order valence-corrected chi connectivity index (χ4v) is 6.81. The summed E-state index contributed by atoms with van der Waals surface area (Å²) >= 11 is 3.72. The van der Waals surface area contributed by atoms with Gasteiger partial charge in [-0.2, -0.15) is 0 Å². The highest BCUT2D eigenvalue weighted by atomic mass is 32.2. The van der Waals surface area contributed by atoms with Gasteiger partial charge in [0.05, 0.1) is 0 Å². The molecule has 0 aromatic heterocycles. The van der Waals surface area contributed by atoms with E-state index >= 15 is 0 Å². The Balaban J connectivity index is 1.33. The van der Waals surface area contributed by atoms with Gasteiger partial charge in [0, 0.05) is 36.4 Å². The second-order valence-electron chi connectivity index (χ2n) is 8.37. The highest BCUT2D eigenvalue weighted by Gasteiger charge is 2.35. The molecule has 1 N–H and O–H groups in total. The summed E-state index contributed by atoms with van der Waals surface area (Å²) in [6.07, 6.45) is 0. The lowest BCUT2D eigenvalue weighted by molar-refractivity contribution is 0.660. The second kappa shape index (κ2) is 6.69. The van der Waals surface area contributed by atoms with Crippen LogP contribution in [-0.2, 0) is 5.41 Å². The number of nitrogens with one attached hydrogen (secondary N) is 1. The summed E-state index contributed by atoms with van der Waals surface area (Å²) in [7, 11) is 0. The van der Waals surface area contributed by atoms with Crippen LogP contribution < -0.4 is 5.32 Å². The number of fused-ring (bicyclic) bond motifs is 5. The van der Waals surface area contributed by atoms with Gasteiger partial charge in [0.25, 0.3) is 0 Å². The van der Waals surface area contributed by atoms with Crippen LogP contribution in [0.25, 0.3) is 11.1 Å². The van der Waals surface area contributed by atoms with Gasteiger partial charge >= 0.3 is 0 Å². The number of hydrogen-bond acceptors (Lipinski definition) is 3. The van der Waals surface area contributed by atoms with E-state index in [4.69, 9.17) is 0 Å². The van der Waals surface area contributed by atoms with Gasteiger partial charge in [-0.15, -0.1) is 0 Å². The molecule has 2 aliphatic rings. The maximum Gasteiger partial charge on any atom is 0.0396 e. The molecule has 4 aromatic carbocycles. The molecule has 0 radical (unpaired) electrons. The Hall–Kier alpha value is -2.62. The summed E-state index contributed by atoms with van der Waals surface area (Å²) in [4.78, 5) is 5.33. The maximum absolute atomic E-state index is 3.65. The van der Waals surface area contributed by atoms with Crippen molar-refractivity contribution in [2.24, 2.45) is 0 Å². The van der Waals surface area contributed by atoms with Crippen molar-refractivity contribution in [1.82, 2.24) is 0 Å². The Bertz CT molecular complexity index is 1310. The van der Waals surface area contributed by atoms with Gasteiger partial charge in [-0.1, -0.05) is 79.8 Å². The first-order valence-corrected chi connectivity index (χ1v) is 11.8. The predicted molar refractivity (Wildman–Crippen MR) is 128 cm³/mol. The minimum absolute atomic E-state index is 0.0235. The fraction of sp³-hybridized carbons (Fsp3) is 0.111. The molecule has 0 fully saturated rings. The van der Waals surface area contributed by atoms with Crippen molar-refractivity contribution in [1.29, 1.82) is 0 Å². The molecular weight excluding hydrogens is 402 g/mol. The molecule has 0 unspecified atom stereocenters. The summed E-state index contributed by atoms with van der Waals surface area (Å²) in [5.74, 6) is 0. The van der Waals surface area contributed by atoms with Gasteiger partial charge in [0.2, 0.25) is 0 Å². The van der Waals surface area contributed by atoms with Gasteiger partial charge in [-0.3, -0.25) is 0 Å². The first-order valence-electron chi connectivity index (χ1n) is 10.2. The lowest BCUT2D eigenvalue weighted by Gasteiger charge is -2.22. The second-order valence-corrected chi connectivity index (χ2v) is 10.5. The Kier molecular flexibility index (Phi) is 4.06. The highest BCUT2D eigenvalue weighted by molar-refractivity contribution is 8.05. The summed E-state index contributed by atoms with van der Waals surface area (Å²) < 4.78 is 0. The van der Waals surface area contributed by atoms with E-state index in [1.807, 2.05) is 23.5 Å². The molecule has 3 heteroatoms. The van der Waals surface area contributed by atoms with E-state index < -0.39 is 0 Å². The first kappa shape index (κ1) is 18.2. The van der Waals surface area contributed by atoms with Crippen molar-refractivity contribution in [3.63, 3.8) is 0 Å². The van der Waals surface area contributed by atoms with E-state index in [0.29, 0.717) is 0 Å². The zero-order chi connectivity index (χ0) is 20.3. The van der Waals surface area contributed by atoms with E-state index in [9.17, 15) is 0 Å². The van der Waals surface area contributed by atoms with Gasteiger partial charge in [0.15, 0.2) is 0 Å². The SMILES string of the molecule is CC1(C)c2ccccc2-c2ccc(Nc3ccc4c(c3)Sc3ccccc3S4)cc21. The van der Waals surface area contributed by atoms with Gasteiger partial charge < -0.3 is 5.32 Å². The smallest absolute Gasteiger partial charge is 0.0396 e. The minimum Gasteiger partial charge on any atom is -0.355 e. The third-order valence-electron chi connectivity index (χ3n) is 6.10.